The molecule has 0 saturated heterocycles. The maximum absolute atomic E-state index is 5.82. The first-order valence-electron chi connectivity index (χ1n) is 4.21. The van der Waals surface area contributed by atoms with E-state index in [0.717, 1.165) is 15.9 Å². The molecule has 2 aromatic rings. The fraction of sp³-hybridized carbons (Fsp3) is 0.111. The average Bonchev–Trinajstić information content (AvgIpc) is 2.46. The summed E-state index contributed by atoms with van der Waals surface area (Å²) in [4.78, 5) is 4.24. The van der Waals surface area contributed by atoms with Gasteiger partial charge in [-0.2, -0.15) is 0 Å². The van der Waals surface area contributed by atoms with E-state index in [1.165, 1.54) is 0 Å². The van der Waals surface area contributed by atoms with Crippen molar-refractivity contribution in [2.24, 2.45) is 0 Å². The van der Waals surface area contributed by atoms with Gasteiger partial charge >= 0.3 is 0 Å². The zero-order valence-corrected chi connectivity index (χ0v) is 10.2. The number of nitrogens with zero attached hydrogens (tertiary/aromatic N) is 3. The molecule has 0 aliphatic carbocycles. The Balaban J connectivity index is 2.54. The third-order valence-corrected chi connectivity index (χ3v) is 2.65. The van der Waals surface area contributed by atoms with Gasteiger partial charge in [0.25, 0.3) is 0 Å². The lowest BCUT2D eigenvalue weighted by molar-refractivity contribution is 0.841. The summed E-state index contributed by atoms with van der Waals surface area (Å²) >= 11 is 9.16. The molecule has 0 spiro atoms. The lowest BCUT2D eigenvalue weighted by Crippen LogP contribution is -2.01. The summed E-state index contributed by atoms with van der Waals surface area (Å²) in [6.45, 7) is 1.94. The highest BCUT2D eigenvalue weighted by atomic mass is 79.9. The van der Waals surface area contributed by atoms with E-state index in [9.17, 15) is 0 Å². The van der Waals surface area contributed by atoms with Crippen LogP contribution in [0.15, 0.2) is 22.9 Å². The van der Waals surface area contributed by atoms with Gasteiger partial charge in [-0.25, -0.2) is 9.67 Å². The first kappa shape index (κ1) is 10.4. The smallest absolute Gasteiger partial charge is 0.164 e. The molecular weight excluding hydrogens is 279 g/mol. The monoisotopic (exact) mass is 286 g/mol. The molecule has 0 aliphatic rings. The van der Waals surface area contributed by atoms with Crippen LogP contribution in [0, 0.1) is 6.92 Å². The topological polar surface area (TPSA) is 56.7 Å². The van der Waals surface area contributed by atoms with E-state index >= 15 is 0 Å². The van der Waals surface area contributed by atoms with Crippen LogP contribution in [0.1, 0.15) is 5.56 Å². The SMILES string of the molecule is Cc1cc(Br)cnc1-n1cc(Cl)c(N)n1. The molecule has 0 fully saturated rings. The molecule has 0 radical (unpaired) electrons. The number of nitrogen functional groups attached to an aromatic ring is 1. The molecule has 0 aromatic carbocycles. The molecule has 0 atom stereocenters. The third kappa shape index (κ3) is 1.98. The zero-order valence-electron chi connectivity index (χ0n) is 7.91. The van der Waals surface area contributed by atoms with Crippen molar-refractivity contribution in [1.82, 2.24) is 14.8 Å². The number of hydrogen-bond acceptors (Lipinski definition) is 3. The van der Waals surface area contributed by atoms with Crippen LogP contribution in [-0.2, 0) is 0 Å². The number of aromatic nitrogens is 3. The Kier molecular flexibility index (Phi) is 2.67. The first-order chi connectivity index (χ1) is 7.08. The summed E-state index contributed by atoms with van der Waals surface area (Å²) in [5.41, 5.74) is 6.55. The van der Waals surface area contributed by atoms with Crippen molar-refractivity contribution in [2.45, 2.75) is 6.92 Å². The number of nitrogens with two attached hydrogens (primary N) is 1. The second kappa shape index (κ2) is 3.83. The number of halogens is 2. The third-order valence-electron chi connectivity index (χ3n) is 1.93. The van der Waals surface area contributed by atoms with Crippen molar-refractivity contribution in [1.29, 1.82) is 0 Å². The van der Waals surface area contributed by atoms with Crippen molar-refractivity contribution < 1.29 is 0 Å². The van der Waals surface area contributed by atoms with Gasteiger partial charge in [-0.15, -0.1) is 5.10 Å². The second-order valence-corrected chi connectivity index (χ2v) is 4.42. The predicted molar refractivity (Wildman–Crippen MR) is 63.2 cm³/mol. The highest BCUT2D eigenvalue weighted by Gasteiger charge is 2.08. The Morgan fingerprint density at radius 3 is 2.80 bits per heavy atom. The molecule has 0 unspecified atom stereocenters. The van der Waals surface area contributed by atoms with Crippen LogP contribution in [-0.4, -0.2) is 14.8 Å². The van der Waals surface area contributed by atoms with E-state index in [0.29, 0.717) is 10.8 Å². The molecule has 2 heterocycles. The van der Waals surface area contributed by atoms with Crippen molar-refractivity contribution >= 4 is 33.3 Å². The number of pyridine rings is 1. The van der Waals surface area contributed by atoms with Crippen LogP contribution in [0.25, 0.3) is 5.82 Å². The summed E-state index contributed by atoms with van der Waals surface area (Å²) in [7, 11) is 0. The Morgan fingerprint density at radius 2 is 2.27 bits per heavy atom. The molecule has 0 aliphatic heterocycles. The molecule has 0 saturated carbocycles. The van der Waals surface area contributed by atoms with E-state index < -0.39 is 0 Å². The van der Waals surface area contributed by atoms with E-state index in [1.54, 1.807) is 17.1 Å². The summed E-state index contributed by atoms with van der Waals surface area (Å²) in [6.07, 6.45) is 3.34. The van der Waals surface area contributed by atoms with Crippen LogP contribution in [0.2, 0.25) is 5.02 Å². The second-order valence-electron chi connectivity index (χ2n) is 3.10. The summed E-state index contributed by atoms with van der Waals surface area (Å²) in [5, 5.41) is 4.49. The largest absolute Gasteiger partial charge is 0.381 e. The standard InChI is InChI=1S/C9H8BrClN4/c1-5-2-6(10)3-13-9(5)15-4-7(11)8(12)14-15/h2-4H,1H3,(H2,12,14). The van der Waals surface area contributed by atoms with Crippen LogP contribution in [0.5, 0.6) is 0 Å². The first-order valence-corrected chi connectivity index (χ1v) is 5.38. The van der Waals surface area contributed by atoms with Crippen LogP contribution in [0.3, 0.4) is 0 Å². The van der Waals surface area contributed by atoms with Gasteiger partial charge in [-0.1, -0.05) is 11.6 Å². The Hall–Kier alpha value is -1.07. The van der Waals surface area contributed by atoms with Gasteiger partial charge in [-0.05, 0) is 34.5 Å². The molecule has 15 heavy (non-hydrogen) atoms. The van der Waals surface area contributed by atoms with Gasteiger partial charge < -0.3 is 5.73 Å². The van der Waals surface area contributed by atoms with E-state index in [-0.39, 0.29) is 0 Å². The van der Waals surface area contributed by atoms with Crippen LogP contribution < -0.4 is 5.73 Å². The summed E-state index contributed by atoms with van der Waals surface area (Å²) in [5.74, 6) is 1.03. The zero-order chi connectivity index (χ0) is 11.0. The normalized spacial score (nSPS) is 10.6. The Bertz CT molecular complexity index is 489. The maximum Gasteiger partial charge on any atom is 0.164 e. The quantitative estimate of drug-likeness (QED) is 0.877. The number of aryl methyl sites for hydroxylation is 1. The van der Waals surface area contributed by atoms with E-state index in [2.05, 4.69) is 26.0 Å². The minimum atomic E-state index is 0.306. The molecular formula is C9H8BrClN4. The predicted octanol–water partition coefficient (Wildman–Crippen LogP) is 2.57. The van der Waals surface area contributed by atoms with Crippen molar-refractivity contribution in [2.75, 3.05) is 5.73 Å². The van der Waals surface area contributed by atoms with Gasteiger partial charge in [0.1, 0.15) is 5.02 Å². The Morgan fingerprint density at radius 1 is 1.53 bits per heavy atom. The minimum absolute atomic E-state index is 0.306. The van der Waals surface area contributed by atoms with E-state index in [4.69, 9.17) is 17.3 Å². The van der Waals surface area contributed by atoms with Crippen molar-refractivity contribution in [3.8, 4) is 5.82 Å². The van der Waals surface area contributed by atoms with Gasteiger partial charge in [-0.3, -0.25) is 0 Å². The van der Waals surface area contributed by atoms with Crippen LogP contribution in [0.4, 0.5) is 5.82 Å². The van der Waals surface area contributed by atoms with Gasteiger partial charge in [0.2, 0.25) is 0 Å². The van der Waals surface area contributed by atoms with Gasteiger partial charge in [0.05, 0.1) is 6.20 Å². The number of anilines is 1. The molecule has 2 N–H and O–H groups in total. The Labute approximate surface area is 100 Å². The van der Waals surface area contributed by atoms with Crippen molar-refractivity contribution in [3.63, 3.8) is 0 Å². The van der Waals surface area contributed by atoms with Gasteiger partial charge in [0.15, 0.2) is 11.6 Å². The fourth-order valence-corrected chi connectivity index (χ4v) is 1.82. The molecule has 78 valence electrons. The van der Waals surface area contributed by atoms with Crippen LogP contribution >= 0.6 is 27.5 Å². The maximum atomic E-state index is 5.82. The van der Waals surface area contributed by atoms with Crippen molar-refractivity contribution in [3.05, 3.63) is 33.5 Å². The average molecular weight is 288 g/mol. The highest BCUT2D eigenvalue weighted by molar-refractivity contribution is 9.10. The molecule has 0 bridgehead atoms. The molecule has 6 heteroatoms. The lowest BCUT2D eigenvalue weighted by atomic mass is 10.3. The number of rotatable bonds is 1. The molecule has 2 rings (SSSR count). The fourth-order valence-electron chi connectivity index (χ4n) is 1.25. The lowest BCUT2D eigenvalue weighted by Gasteiger charge is -2.03. The van der Waals surface area contributed by atoms with E-state index in [1.807, 2.05) is 13.0 Å². The summed E-state index contributed by atoms with van der Waals surface area (Å²) < 4.78 is 2.49. The molecule has 2 aromatic heterocycles. The molecule has 0 amide bonds. The number of hydrogen-bond donors (Lipinski definition) is 1. The van der Waals surface area contributed by atoms with Gasteiger partial charge in [0, 0.05) is 10.7 Å². The highest BCUT2D eigenvalue weighted by Crippen LogP contribution is 2.21. The minimum Gasteiger partial charge on any atom is -0.381 e. The summed E-state index contributed by atoms with van der Waals surface area (Å²) in [6, 6.07) is 1.95. The molecule has 4 nitrogen and oxygen atoms in total.